The summed E-state index contributed by atoms with van der Waals surface area (Å²) in [4.78, 5) is 52.1. The van der Waals surface area contributed by atoms with E-state index in [-0.39, 0.29) is 58.8 Å². The van der Waals surface area contributed by atoms with E-state index >= 15 is 0 Å². The van der Waals surface area contributed by atoms with Gasteiger partial charge in [-0.15, -0.1) is 0 Å². The molecule has 0 spiro atoms. The zero-order valence-electron chi connectivity index (χ0n) is 24.1. The molecule has 4 rings (SSSR count). The topological polar surface area (TPSA) is 132 Å². The van der Waals surface area contributed by atoms with E-state index in [2.05, 4.69) is 6.92 Å². The Morgan fingerprint density at radius 1 is 1.07 bits per heavy atom. The number of Topliss-reactive ketones (excluding diaryl/α,β-unsaturated/α-hetero) is 3. The lowest BCUT2D eigenvalue weighted by Gasteiger charge is -2.60. The molecular formula is C29H41F3O8S. The van der Waals surface area contributed by atoms with Crippen LogP contribution in [0.15, 0.2) is 0 Å². The first kappa shape index (κ1) is 32.1. The Hall–Kier alpha value is -1.82. The molecule has 0 bridgehead atoms. The molecule has 1 N–H and O–H groups in total. The summed E-state index contributed by atoms with van der Waals surface area (Å²) in [6.45, 7) is 7.30. The van der Waals surface area contributed by atoms with Crippen molar-refractivity contribution in [1.82, 2.24) is 0 Å². The Labute approximate surface area is 239 Å². The number of fused-ring (bicyclic) bond motifs is 5. The van der Waals surface area contributed by atoms with Gasteiger partial charge in [0.15, 0.2) is 6.17 Å². The second-order valence-electron chi connectivity index (χ2n) is 13.6. The van der Waals surface area contributed by atoms with Crippen molar-refractivity contribution in [3.05, 3.63) is 0 Å². The number of ketones is 3. The number of carbonyl (C=O) groups is 4. The van der Waals surface area contributed by atoms with Crippen molar-refractivity contribution in [3.8, 4) is 0 Å². The predicted octanol–water partition coefficient (Wildman–Crippen LogP) is 5.13. The number of esters is 1. The molecule has 4 aliphatic carbocycles. The van der Waals surface area contributed by atoms with Crippen LogP contribution >= 0.6 is 0 Å². The summed E-state index contributed by atoms with van der Waals surface area (Å²) < 4.78 is 75.0. The van der Waals surface area contributed by atoms with E-state index in [1.165, 1.54) is 0 Å². The van der Waals surface area contributed by atoms with Crippen LogP contribution in [0, 0.1) is 45.8 Å². The molecule has 4 saturated carbocycles. The molecule has 0 aliphatic heterocycles. The van der Waals surface area contributed by atoms with Crippen LogP contribution in [-0.2, 0) is 34.0 Å². The Bertz CT molecular complexity index is 1220. The average Bonchev–Trinajstić information content (AvgIpc) is 3.16. The zero-order valence-corrected chi connectivity index (χ0v) is 24.9. The Kier molecular flexibility index (Phi) is 8.39. The normalized spacial score (nSPS) is 39.0. The molecule has 0 radical (unpaired) electrons. The minimum Gasteiger partial charge on any atom is -0.466 e. The van der Waals surface area contributed by atoms with Gasteiger partial charge in [-0.2, -0.15) is 17.2 Å². The van der Waals surface area contributed by atoms with E-state index in [9.17, 15) is 40.8 Å². The largest absolute Gasteiger partial charge is 0.466 e. The summed E-state index contributed by atoms with van der Waals surface area (Å²) in [6.07, 6.45) is -0.481. The summed E-state index contributed by atoms with van der Waals surface area (Å²) >= 11 is 0. The van der Waals surface area contributed by atoms with E-state index in [1.807, 2.05) is 20.8 Å². The molecule has 8 nitrogen and oxygen atoms in total. The van der Waals surface area contributed by atoms with Crippen molar-refractivity contribution in [2.45, 2.75) is 103 Å². The molecule has 4 aliphatic rings. The van der Waals surface area contributed by atoms with Crippen LogP contribution in [-0.4, -0.2) is 54.3 Å². The van der Waals surface area contributed by atoms with Crippen molar-refractivity contribution in [3.63, 3.8) is 0 Å². The maximum Gasteiger partial charge on any atom is 0.400 e. The van der Waals surface area contributed by atoms with Crippen molar-refractivity contribution < 1.29 is 50.1 Å². The van der Waals surface area contributed by atoms with Gasteiger partial charge in [-0.1, -0.05) is 27.7 Å². The first-order valence-corrected chi connectivity index (χ1v) is 16.0. The van der Waals surface area contributed by atoms with Gasteiger partial charge in [0.1, 0.15) is 17.3 Å². The van der Waals surface area contributed by atoms with E-state index in [0.717, 1.165) is 0 Å². The summed E-state index contributed by atoms with van der Waals surface area (Å²) in [5.74, 6) is -0.897. The van der Waals surface area contributed by atoms with Gasteiger partial charge in [-0.25, -0.2) is 4.39 Å². The van der Waals surface area contributed by atoms with E-state index in [1.54, 1.807) is 0 Å². The molecule has 4 fully saturated rings. The van der Waals surface area contributed by atoms with Crippen LogP contribution in [0.3, 0.4) is 0 Å². The fourth-order valence-electron chi connectivity index (χ4n) is 8.89. The van der Waals surface area contributed by atoms with Gasteiger partial charge in [0.05, 0.1) is 6.61 Å². The third-order valence-electron chi connectivity index (χ3n) is 12.0. The van der Waals surface area contributed by atoms with E-state index in [4.69, 9.17) is 9.29 Å². The van der Waals surface area contributed by atoms with Gasteiger partial charge in [0, 0.05) is 49.9 Å². The van der Waals surface area contributed by atoms with Crippen LogP contribution in [0.25, 0.3) is 0 Å². The molecule has 232 valence electrons. The van der Waals surface area contributed by atoms with Gasteiger partial charge in [-0.05, 0) is 60.2 Å². The summed E-state index contributed by atoms with van der Waals surface area (Å²) in [5.41, 5.74) is -1.51. The number of hydrogen-bond donors (Lipinski definition) is 1. The lowest BCUT2D eigenvalue weighted by Crippen LogP contribution is -2.61. The number of ether oxygens (including phenoxy) is 1. The fraction of sp³-hybridized carbons (Fsp3) is 0.862. The fourth-order valence-corrected chi connectivity index (χ4v) is 9.33. The third-order valence-corrected chi connectivity index (χ3v) is 12.9. The minimum atomic E-state index is -5.94. The van der Waals surface area contributed by atoms with Crippen molar-refractivity contribution in [2.75, 3.05) is 6.61 Å². The number of hydrogen-bond acceptors (Lipinski definition) is 7. The van der Waals surface area contributed by atoms with Gasteiger partial charge < -0.3 is 4.74 Å². The molecular weight excluding hydrogens is 565 g/mol. The minimum absolute atomic E-state index is 0.0145. The Balaban J connectivity index is 1.40. The lowest BCUT2D eigenvalue weighted by molar-refractivity contribution is -0.171. The highest BCUT2D eigenvalue weighted by Gasteiger charge is 2.69. The molecule has 0 aromatic heterocycles. The van der Waals surface area contributed by atoms with Crippen molar-refractivity contribution >= 4 is 33.4 Å². The highest BCUT2D eigenvalue weighted by Crippen LogP contribution is 2.70. The SMILES string of the molecule is C[C@H](CCC(=O)OCCC(F)C(F)(F)S(=O)(=O)O)[C@@]1(C)CCC2C3C(=O)CC4CC(=O)CC[C@]4(C)C3CC(=O)[C@@]21C. The number of halogens is 3. The third kappa shape index (κ3) is 5.08. The van der Waals surface area contributed by atoms with E-state index < -0.39 is 51.4 Å². The van der Waals surface area contributed by atoms with Crippen LogP contribution in [0.2, 0.25) is 0 Å². The molecule has 0 amide bonds. The molecule has 0 aromatic carbocycles. The zero-order chi connectivity index (χ0) is 30.8. The monoisotopic (exact) mass is 606 g/mol. The molecule has 9 atom stereocenters. The Morgan fingerprint density at radius 3 is 2.37 bits per heavy atom. The van der Waals surface area contributed by atoms with Crippen molar-refractivity contribution in [1.29, 1.82) is 0 Å². The van der Waals surface area contributed by atoms with Gasteiger partial charge in [-0.3, -0.25) is 23.7 Å². The maximum absolute atomic E-state index is 14.0. The maximum atomic E-state index is 14.0. The average molecular weight is 607 g/mol. The van der Waals surface area contributed by atoms with Crippen molar-refractivity contribution in [2.24, 2.45) is 45.8 Å². The molecule has 0 saturated heterocycles. The standard InChI is InChI=1S/C29H41F3O8S/c1-16(5-6-24(36)40-12-9-22(30)29(31,32)41(37,38)39)27(3)11-8-19-25-20(15-23(35)28(19,27)4)26(2)10-7-18(33)13-17(26)14-21(25)34/h16-17,19-20,22,25H,5-15H2,1-4H3,(H,37,38,39)/t16-,17?,19?,20?,22?,25?,26+,27-,28-/m1/s1. The van der Waals surface area contributed by atoms with Crippen LogP contribution in [0.5, 0.6) is 0 Å². The lowest BCUT2D eigenvalue weighted by atomic mass is 9.42. The predicted molar refractivity (Wildman–Crippen MR) is 141 cm³/mol. The summed E-state index contributed by atoms with van der Waals surface area (Å²) in [6, 6.07) is 0. The van der Waals surface area contributed by atoms with Gasteiger partial charge >= 0.3 is 21.3 Å². The second-order valence-corrected chi connectivity index (χ2v) is 15.1. The first-order valence-electron chi connectivity index (χ1n) is 14.5. The number of rotatable bonds is 9. The second kappa shape index (κ2) is 10.7. The summed E-state index contributed by atoms with van der Waals surface area (Å²) in [5, 5.41) is -5.00. The summed E-state index contributed by atoms with van der Waals surface area (Å²) in [7, 11) is -5.94. The molecule has 0 aromatic rings. The molecule has 0 heterocycles. The first-order chi connectivity index (χ1) is 18.8. The molecule has 41 heavy (non-hydrogen) atoms. The number of alkyl halides is 3. The highest BCUT2D eigenvalue weighted by atomic mass is 32.2. The number of carbonyl (C=O) groups excluding carboxylic acids is 4. The van der Waals surface area contributed by atoms with Gasteiger partial charge in [0.25, 0.3) is 0 Å². The molecule has 5 unspecified atom stereocenters. The van der Waals surface area contributed by atoms with Gasteiger partial charge in [0.2, 0.25) is 0 Å². The molecule has 12 heteroatoms. The quantitative estimate of drug-likeness (QED) is 0.282. The van der Waals surface area contributed by atoms with Crippen LogP contribution in [0.4, 0.5) is 13.2 Å². The highest BCUT2D eigenvalue weighted by molar-refractivity contribution is 7.86. The Morgan fingerprint density at radius 2 is 1.73 bits per heavy atom. The van der Waals surface area contributed by atoms with Crippen LogP contribution in [0.1, 0.15) is 91.9 Å². The van der Waals surface area contributed by atoms with E-state index in [0.29, 0.717) is 51.4 Å². The smallest absolute Gasteiger partial charge is 0.400 e. The van der Waals surface area contributed by atoms with Crippen LogP contribution < -0.4 is 0 Å².